The van der Waals surface area contributed by atoms with Crippen molar-refractivity contribution in [2.45, 2.75) is 25.3 Å². The molecule has 0 bridgehead atoms. The van der Waals surface area contributed by atoms with E-state index in [1.165, 1.54) is 6.07 Å². The Hall–Kier alpha value is -4.18. The quantitative estimate of drug-likeness (QED) is 0.151. The molecular formula is C25H21Cl2F6N7O3. The lowest BCUT2D eigenvalue weighted by atomic mass is 10.1. The van der Waals surface area contributed by atoms with E-state index in [9.17, 15) is 41.3 Å². The number of hydrazone groups is 1. The van der Waals surface area contributed by atoms with Gasteiger partial charge in [-0.2, -0.15) is 26.3 Å². The molecule has 3 aromatic rings. The molecule has 1 aromatic carbocycles. The van der Waals surface area contributed by atoms with Gasteiger partial charge in [-0.3, -0.25) is 9.78 Å². The molecule has 0 radical (unpaired) electrons. The highest BCUT2D eigenvalue weighted by Gasteiger charge is 2.35. The van der Waals surface area contributed by atoms with Crippen LogP contribution in [0.15, 0.2) is 60.0 Å². The SMILES string of the molecule is O=C(NCCc1ncc(C(F)(F)F)cc1Cl)c1ccccc1C(F)(F)F.O=[N+]([O-])/N=C1\NCCN1Cc1ccc(Cl)nc1. The Kier molecular flexibility index (Phi) is 11.1. The van der Waals surface area contributed by atoms with E-state index < -0.39 is 40.0 Å². The maximum absolute atomic E-state index is 12.9. The number of pyridine rings is 2. The van der Waals surface area contributed by atoms with Gasteiger partial charge in [-0.1, -0.05) is 41.4 Å². The second kappa shape index (κ2) is 14.3. The molecule has 43 heavy (non-hydrogen) atoms. The third-order valence-electron chi connectivity index (χ3n) is 5.67. The lowest BCUT2D eigenvalue weighted by molar-refractivity contribution is -0.485. The first-order valence-corrected chi connectivity index (χ1v) is 12.9. The van der Waals surface area contributed by atoms with Crippen molar-refractivity contribution in [2.75, 3.05) is 19.6 Å². The number of hydrogen-bond acceptors (Lipinski definition) is 5. The summed E-state index contributed by atoms with van der Waals surface area (Å²) < 4.78 is 76.2. The molecule has 1 aliphatic rings. The van der Waals surface area contributed by atoms with E-state index in [1.54, 1.807) is 17.2 Å². The van der Waals surface area contributed by atoms with Gasteiger partial charge in [0.05, 0.1) is 27.4 Å². The second-order valence-electron chi connectivity index (χ2n) is 8.70. The topological polar surface area (TPSA) is 126 Å². The zero-order valence-corrected chi connectivity index (χ0v) is 23.2. The average molecular weight is 652 g/mol. The molecule has 1 fully saturated rings. The maximum Gasteiger partial charge on any atom is 0.417 e. The van der Waals surface area contributed by atoms with Crippen LogP contribution in [0.4, 0.5) is 26.3 Å². The van der Waals surface area contributed by atoms with E-state index in [-0.39, 0.29) is 29.6 Å². The lowest BCUT2D eigenvalue weighted by Crippen LogP contribution is -2.30. The van der Waals surface area contributed by atoms with Gasteiger partial charge in [0.15, 0.2) is 5.03 Å². The molecule has 0 saturated carbocycles. The van der Waals surface area contributed by atoms with E-state index in [0.717, 1.165) is 23.8 Å². The van der Waals surface area contributed by atoms with Crippen LogP contribution in [0, 0.1) is 10.1 Å². The second-order valence-corrected chi connectivity index (χ2v) is 9.49. The number of rotatable bonds is 7. The van der Waals surface area contributed by atoms with E-state index >= 15 is 0 Å². The molecule has 3 heterocycles. The number of carbonyl (C=O) groups excluding carboxylic acids is 1. The molecule has 2 N–H and O–H groups in total. The van der Waals surface area contributed by atoms with Crippen molar-refractivity contribution in [3.05, 3.63) is 103 Å². The normalized spacial score (nSPS) is 14.1. The number of amides is 1. The summed E-state index contributed by atoms with van der Waals surface area (Å²) in [5.74, 6) is -0.675. The van der Waals surface area contributed by atoms with Gasteiger partial charge in [0, 0.05) is 45.0 Å². The molecule has 1 amide bonds. The first-order valence-electron chi connectivity index (χ1n) is 12.1. The van der Waals surface area contributed by atoms with Crippen LogP contribution in [0.2, 0.25) is 10.2 Å². The van der Waals surface area contributed by atoms with E-state index in [0.29, 0.717) is 37.1 Å². The molecule has 18 heteroatoms. The van der Waals surface area contributed by atoms with Crippen molar-refractivity contribution in [3.63, 3.8) is 0 Å². The Morgan fingerprint density at radius 2 is 1.79 bits per heavy atom. The van der Waals surface area contributed by atoms with E-state index in [1.807, 2.05) is 6.07 Å². The fourth-order valence-electron chi connectivity index (χ4n) is 3.69. The molecule has 230 valence electrons. The summed E-state index contributed by atoms with van der Waals surface area (Å²) >= 11 is 11.4. The molecule has 4 rings (SSSR count). The summed E-state index contributed by atoms with van der Waals surface area (Å²) in [5, 5.41) is 18.2. The molecule has 0 aliphatic carbocycles. The number of nitrogens with zero attached hydrogens (tertiary/aromatic N) is 5. The van der Waals surface area contributed by atoms with Gasteiger partial charge in [0.2, 0.25) is 0 Å². The number of alkyl halides is 6. The minimum atomic E-state index is -4.69. The van der Waals surface area contributed by atoms with Crippen LogP contribution in [0.1, 0.15) is 32.7 Å². The molecule has 1 saturated heterocycles. The van der Waals surface area contributed by atoms with Gasteiger partial charge in [-0.25, -0.2) is 15.1 Å². The standard InChI is InChI=1S/C16H11ClF6N2O.C9H10ClN5O2/c17-12-7-9(15(18,19)20)8-25-13(12)5-6-24-14(26)10-3-1-2-4-11(10)16(21,22)23;10-8-2-1-7(5-12-8)6-14-4-3-11-9(14)13-15(16)17/h1-4,7-8H,5-6H2,(H,24,26);1-2,5H,3-4,6H2,(H,11,13). The fourth-order valence-corrected chi connectivity index (χ4v) is 4.07. The van der Waals surface area contributed by atoms with Crippen molar-refractivity contribution in [1.29, 1.82) is 0 Å². The van der Waals surface area contributed by atoms with E-state index in [2.05, 4.69) is 25.7 Å². The van der Waals surface area contributed by atoms with E-state index in [4.69, 9.17) is 23.2 Å². The number of carbonyl (C=O) groups is 1. The number of hydrogen-bond donors (Lipinski definition) is 2. The third-order valence-corrected chi connectivity index (χ3v) is 6.22. The Bertz CT molecular complexity index is 1470. The zero-order valence-electron chi connectivity index (χ0n) is 21.7. The molecule has 0 atom stereocenters. The van der Waals surface area contributed by atoms with Gasteiger partial charge in [0.1, 0.15) is 10.3 Å². The predicted molar refractivity (Wildman–Crippen MR) is 144 cm³/mol. The smallest absolute Gasteiger partial charge is 0.352 e. The minimum absolute atomic E-state index is 0.0447. The highest BCUT2D eigenvalue weighted by molar-refractivity contribution is 6.31. The highest BCUT2D eigenvalue weighted by atomic mass is 35.5. The van der Waals surface area contributed by atoms with Crippen LogP contribution in [0.3, 0.4) is 0 Å². The van der Waals surface area contributed by atoms with Crippen LogP contribution in [-0.2, 0) is 25.3 Å². The number of aromatic nitrogens is 2. The Balaban J connectivity index is 0.000000257. The number of halogens is 8. The highest BCUT2D eigenvalue weighted by Crippen LogP contribution is 2.32. The average Bonchev–Trinajstić information content (AvgIpc) is 3.35. The first-order chi connectivity index (χ1) is 20.1. The predicted octanol–water partition coefficient (Wildman–Crippen LogP) is 5.43. The van der Waals surface area contributed by atoms with Crippen molar-refractivity contribution in [3.8, 4) is 0 Å². The maximum atomic E-state index is 12.9. The zero-order chi connectivity index (χ0) is 31.8. The van der Waals surface area contributed by atoms with Crippen molar-refractivity contribution >= 4 is 35.1 Å². The Morgan fingerprint density at radius 1 is 1.07 bits per heavy atom. The van der Waals surface area contributed by atoms with Crippen LogP contribution < -0.4 is 10.6 Å². The number of guanidine groups is 1. The minimum Gasteiger partial charge on any atom is -0.352 e. The van der Waals surface area contributed by atoms with Crippen LogP contribution in [0.5, 0.6) is 0 Å². The van der Waals surface area contributed by atoms with Crippen LogP contribution in [-0.4, -0.2) is 51.4 Å². The van der Waals surface area contributed by atoms with Crippen molar-refractivity contribution in [2.24, 2.45) is 5.10 Å². The Labute approximate surface area is 249 Å². The first kappa shape index (κ1) is 33.3. The van der Waals surface area contributed by atoms with Gasteiger partial charge in [-0.05, 0) is 29.8 Å². The number of nitro groups is 1. The largest absolute Gasteiger partial charge is 0.417 e. The summed E-state index contributed by atoms with van der Waals surface area (Å²) in [7, 11) is 0. The summed E-state index contributed by atoms with van der Waals surface area (Å²) in [6.07, 6.45) is -7.08. The molecule has 1 aliphatic heterocycles. The molecule has 0 spiro atoms. The lowest BCUT2D eigenvalue weighted by Gasteiger charge is -2.14. The molecular weight excluding hydrogens is 631 g/mol. The molecule has 0 unspecified atom stereocenters. The Morgan fingerprint density at radius 3 is 2.40 bits per heavy atom. The summed E-state index contributed by atoms with van der Waals surface area (Å²) in [5.41, 5.74) is -1.64. The summed E-state index contributed by atoms with van der Waals surface area (Å²) in [4.78, 5) is 31.6. The van der Waals surface area contributed by atoms with Gasteiger partial charge in [0.25, 0.3) is 11.9 Å². The van der Waals surface area contributed by atoms with Gasteiger partial charge < -0.3 is 15.5 Å². The number of benzene rings is 1. The molecule has 2 aromatic heterocycles. The summed E-state index contributed by atoms with van der Waals surface area (Å²) in [6, 6.07) is 8.47. The number of nitrogens with one attached hydrogen (secondary N) is 2. The fraction of sp³-hybridized carbons (Fsp3) is 0.280. The van der Waals surface area contributed by atoms with Crippen LogP contribution in [0.25, 0.3) is 0 Å². The van der Waals surface area contributed by atoms with Crippen molar-refractivity contribution in [1.82, 2.24) is 25.5 Å². The molecule has 10 nitrogen and oxygen atoms in total. The summed E-state index contributed by atoms with van der Waals surface area (Å²) in [6.45, 7) is 1.69. The van der Waals surface area contributed by atoms with Crippen LogP contribution >= 0.6 is 23.2 Å². The van der Waals surface area contributed by atoms with Crippen molar-refractivity contribution < 1.29 is 36.2 Å². The van der Waals surface area contributed by atoms with Gasteiger partial charge >= 0.3 is 12.4 Å². The van der Waals surface area contributed by atoms with Gasteiger partial charge in [-0.15, -0.1) is 0 Å². The monoisotopic (exact) mass is 651 g/mol. The third kappa shape index (κ3) is 9.95.